The summed E-state index contributed by atoms with van der Waals surface area (Å²) in [7, 11) is 0. The first-order valence-corrected chi connectivity index (χ1v) is 12.6. The molecule has 7 nitrogen and oxygen atoms in total. The van der Waals surface area contributed by atoms with Gasteiger partial charge in [0.15, 0.2) is 5.78 Å². The molecule has 37 heavy (non-hydrogen) atoms. The van der Waals surface area contributed by atoms with Gasteiger partial charge in [-0.15, -0.1) is 0 Å². The summed E-state index contributed by atoms with van der Waals surface area (Å²) in [5.41, 5.74) is 3.39. The number of imide groups is 1. The molecule has 2 bridgehead atoms. The van der Waals surface area contributed by atoms with Crippen LogP contribution >= 0.6 is 0 Å². The summed E-state index contributed by atoms with van der Waals surface area (Å²) in [4.78, 5) is 54.4. The first kappa shape index (κ1) is 22.0. The van der Waals surface area contributed by atoms with Gasteiger partial charge in [-0.2, -0.15) is 0 Å². The number of benzene rings is 2. The van der Waals surface area contributed by atoms with E-state index in [1.807, 2.05) is 36.4 Å². The van der Waals surface area contributed by atoms with Crippen LogP contribution in [-0.4, -0.2) is 28.4 Å². The van der Waals surface area contributed by atoms with Gasteiger partial charge in [0.1, 0.15) is 17.6 Å². The highest BCUT2D eigenvalue weighted by Gasteiger charge is 2.60. The quantitative estimate of drug-likeness (QED) is 0.322. The zero-order chi connectivity index (χ0) is 25.4. The van der Waals surface area contributed by atoms with Crippen molar-refractivity contribution in [2.45, 2.75) is 25.8 Å². The van der Waals surface area contributed by atoms with Crippen LogP contribution in [0.15, 0.2) is 71.2 Å². The number of aryl methyl sites for hydroxylation is 1. The molecule has 5 atom stereocenters. The van der Waals surface area contributed by atoms with Crippen molar-refractivity contribution in [3.05, 3.63) is 89.4 Å². The number of anilines is 1. The maximum absolute atomic E-state index is 13.5. The van der Waals surface area contributed by atoms with Crippen molar-refractivity contribution in [3.8, 4) is 11.1 Å². The van der Waals surface area contributed by atoms with E-state index in [1.165, 1.54) is 4.90 Å². The predicted octanol–water partition coefficient (Wildman–Crippen LogP) is 4.68. The summed E-state index contributed by atoms with van der Waals surface area (Å²) in [5.74, 6) is -0.391. The van der Waals surface area contributed by atoms with Gasteiger partial charge in [0.25, 0.3) is 0 Å². The van der Waals surface area contributed by atoms with E-state index in [0.29, 0.717) is 28.3 Å². The van der Waals surface area contributed by atoms with Crippen molar-refractivity contribution in [3.63, 3.8) is 0 Å². The van der Waals surface area contributed by atoms with Crippen LogP contribution < -0.4 is 5.32 Å². The van der Waals surface area contributed by atoms with Crippen LogP contribution in [0.25, 0.3) is 11.1 Å². The van der Waals surface area contributed by atoms with Crippen molar-refractivity contribution >= 4 is 29.2 Å². The lowest BCUT2D eigenvalue weighted by Crippen LogP contribution is -2.38. The molecule has 1 saturated carbocycles. The zero-order valence-corrected chi connectivity index (χ0v) is 20.1. The van der Waals surface area contributed by atoms with Crippen molar-refractivity contribution in [1.29, 1.82) is 0 Å². The molecule has 1 aliphatic heterocycles. The van der Waals surface area contributed by atoms with Gasteiger partial charge in [-0.3, -0.25) is 24.1 Å². The monoisotopic (exact) mass is 492 g/mol. The Morgan fingerprint density at radius 1 is 0.919 bits per heavy atom. The van der Waals surface area contributed by atoms with Gasteiger partial charge in [0, 0.05) is 16.8 Å². The second kappa shape index (κ2) is 7.87. The lowest BCUT2D eigenvalue weighted by molar-refractivity contribution is -0.144. The van der Waals surface area contributed by atoms with Gasteiger partial charge in [-0.1, -0.05) is 42.5 Å². The molecular formula is C30H24N2O5. The summed E-state index contributed by atoms with van der Waals surface area (Å²) in [6.45, 7) is 1.78. The largest absolute Gasteiger partial charge is 0.464 e. The molecule has 2 fully saturated rings. The van der Waals surface area contributed by atoms with Crippen LogP contribution in [0.4, 0.5) is 5.69 Å². The Hall–Kier alpha value is -4.26. The molecule has 3 aliphatic carbocycles. The number of nitrogens with one attached hydrogen (secondary N) is 1. The van der Waals surface area contributed by atoms with E-state index in [4.69, 9.17) is 4.42 Å². The Balaban J connectivity index is 1.15. The average molecular weight is 493 g/mol. The summed E-state index contributed by atoms with van der Waals surface area (Å²) in [5, 5.41) is 2.86. The first-order valence-electron chi connectivity index (χ1n) is 12.6. The van der Waals surface area contributed by atoms with E-state index >= 15 is 0 Å². The van der Waals surface area contributed by atoms with Gasteiger partial charge < -0.3 is 9.73 Å². The summed E-state index contributed by atoms with van der Waals surface area (Å²) >= 11 is 0. The van der Waals surface area contributed by atoms with Crippen molar-refractivity contribution < 1.29 is 23.6 Å². The highest BCUT2D eigenvalue weighted by atomic mass is 16.3. The number of nitrogens with zero attached hydrogens (tertiary/aromatic N) is 1. The van der Waals surface area contributed by atoms with Crippen LogP contribution in [-0.2, 0) is 14.4 Å². The summed E-state index contributed by atoms with van der Waals surface area (Å²) in [6.07, 6.45) is 4.80. The minimum atomic E-state index is -0.834. The molecule has 2 heterocycles. The van der Waals surface area contributed by atoms with Crippen molar-refractivity contribution in [2.24, 2.45) is 23.7 Å². The number of ketones is 1. The molecule has 1 N–H and O–H groups in total. The highest BCUT2D eigenvalue weighted by Crippen LogP contribution is 2.54. The Morgan fingerprint density at radius 2 is 1.59 bits per heavy atom. The lowest BCUT2D eigenvalue weighted by atomic mass is 9.85. The maximum Gasteiger partial charge on any atom is 0.234 e. The molecule has 2 aromatic carbocycles. The number of amides is 3. The molecule has 0 spiro atoms. The third-order valence-corrected chi connectivity index (χ3v) is 8.29. The van der Waals surface area contributed by atoms with E-state index < -0.39 is 6.04 Å². The van der Waals surface area contributed by atoms with Crippen LogP contribution in [0.5, 0.6) is 0 Å². The van der Waals surface area contributed by atoms with Crippen molar-refractivity contribution in [1.82, 2.24) is 4.90 Å². The van der Waals surface area contributed by atoms with E-state index in [2.05, 4.69) is 5.32 Å². The fourth-order valence-corrected chi connectivity index (χ4v) is 6.68. The number of hydrogen-bond donors (Lipinski definition) is 1. The number of carbonyl (C=O) groups excluding carboxylic acids is 4. The number of fused-ring (bicyclic) bond motifs is 8. The fraction of sp³-hybridized carbons (Fsp3) is 0.267. The van der Waals surface area contributed by atoms with Gasteiger partial charge in [-0.25, -0.2) is 0 Å². The molecular weight excluding hydrogens is 468 g/mol. The normalized spacial score (nSPS) is 25.4. The van der Waals surface area contributed by atoms with E-state index in [-0.39, 0.29) is 53.6 Å². The molecule has 0 radical (unpaired) electrons. The maximum atomic E-state index is 13.5. The first-order chi connectivity index (χ1) is 17.9. The van der Waals surface area contributed by atoms with Gasteiger partial charge in [0.05, 0.1) is 18.3 Å². The molecule has 3 aromatic rings. The Bertz CT molecular complexity index is 1520. The molecule has 4 aliphatic rings. The summed E-state index contributed by atoms with van der Waals surface area (Å²) in [6, 6.07) is 15.4. The van der Waals surface area contributed by atoms with Crippen molar-refractivity contribution in [2.75, 3.05) is 5.32 Å². The van der Waals surface area contributed by atoms with Crippen LogP contribution in [0, 0.1) is 30.6 Å². The van der Waals surface area contributed by atoms with Gasteiger partial charge in [0.2, 0.25) is 17.7 Å². The Kier molecular flexibility index (Phi) is 4.67. The number of hydrogen-bond acceptors (Lipinski definition) is 5. The molecule has 5 unspecified atom stereocenters. The minimum Gasteiger partial charge on any atom is -0.464 e. The van der Waals surface area contributed by atoms with Crippen LogP contribution in [0.1, 0.15) is 46.3 Å². The zero-order valence-electron chi connectivity index (χ0n) is 20.1. The number of likely N-dealkylation sites (tertiary alicyclic amines) is 1. The fourth-order valence-electron chi connectivity index (χ4n) is 6.68. The van der Waals surface area contributed by atoms with Gasteiger partial charge >= 0.3 is 0 Å². The van der Waals surface area contributed by atoms with E-state index in [1.54, 1.807) is 37.3 Å². The van der Waals surface area contributed by atoms with Gasteiger partial charge in [-0.05, 0) is 60.6 Å². The van der Waals surface area contributed by atoms with Crippen LogP contribution in [0.2, 0.25) is 0 Å². The van der Waals surface area contributed by atoms with E-state index in [9.17, 15) is 19.2 Å². The Labute approximate surface area is 213 Å². The lowest BCUT2D eigenvalue weighted by Gasteiger charge is -2.26. The molecule has 3 amide bonds. The smallest absolute Gasteiger partial charge is 0.234 e. The van der Waals surface area contributed by atoms with E-state index in [0.717, 1.165) is 17.5 Å². The molecule has 7 heteroatoms. The average Bonchev–Trinajstić information content (AvgIpc) is 3.70. The third-order valence-electron chi connectivity index (χ3n) is 8.29. The number of rotatable bonds is 5. The number of carbonyl (C=O) groups is 4. The SMILES string of the molecule is Cc1ccc(C(CC(=O)Nc2ccc3c(c2)C(=O)c2ccccc2-3)N2C(=O)C3C4C=CC(C4)C3C2=O)o1. The van der Waals surface area contributed by atoms with Crippen LogP contribution in [0.3, 0.4) is 0 Å². The molecule has 1 aromatic heterocycles. The summed E-state index contributed by atoms with van der Waals surface area (Å²) < 4.78 is 5.82. The molecule has 1 saturated heterocycles. The minimum absolute atomic E-state index is 0.0753. The second-order valence-electron chi connectivity index (χ2n) is 10.4. The second-order valence-corrected chi connectivity index (χ2v) is 10.4. The topological polar surface area (TPSA) is 96.7 Å². The number of furan rings is 1. The third kappa shape index (κ3) is 3.19. The molecule has 7 rings (SSSR count). The Morgan fingerprint density at radius 3 is 2.27 bits per heavy atom. The predicted molar refractivity (Wildman–Crippen MR) is 134 cm³/mol. The standard InChI is InChI=1S/C30H24N2O5/c1-15-6-11-24(37-15)23(32-29(35)26-16-7-8-17(12-16)27(26)30(32)36)14-25(33)31-18-9-10-20-19-4-2-3-5-21(19)28(34)22(20)13-18/h2-11,13,16-17,23,26-27H,12,14H2,1H3,(H,31,33). The highest BCUT2D eigenvalue weighted by molar-refractivity contribution is 6.22. The molecule has 184 valence electrons. The number of allylic oxidation sites excluding steroid dienone is 2.